The van der Waals surface area contributed by atoms with Crippen molar-refractivity contribution in [1.29, 1.82) is 0 Å². The van der Waals surface area contributed by atoms with Gasteiger partial charge in [0.25, 0.3) is 5.91 Å². The number of nitrogens with one attached hydrogen (secondary N) is 1. The Balaban J connectivity index is 1.21. The number of benzene rings is 1. The van der Waals surface area contributed by atoms with Crippen molar-refractivity contribution in [3.05, 3.63) is 36.2 Å². The number of carbonyl (C=O) groups excluding carboxylic acids is 1. The van der Waals surface area contributed by atoms with E-state index in [-0.39, 0.29) is 5.91 Å². The van der Waals surface area contributed by atoms with Crippen LogP contribution in [0.25, 0.3) is 5.69 Å². The van der Waals surface area contributed by atoms with Crippen LogP contribution in [0.15, 0.2) is 30.6 Å². The molecule has 6 rings (SSSR count). The fraction of sp³-hybridized carbons (Fsp3) is 0.600. The molecule has 1 N–H and O–H groups in total. The molecule has 1 amide bonds. The van der Waals surface area contributed by atoms with Crippen molar-refractivity contribution in [3.63, 3.8) is 0 Å². The first-order chi connectivity index (χ1) is 12.7. The van der Waals surface area contributed by atoms with Gasteiger partial charge in [-0.2, -0.15) is 0 Å². The third-order valence-electron chi connectivity index (χ3n) is 6.83. The van der Waals surface area contributed by atoms with Crippen molar-refractivity contribution >= 4 is 5.91 Å². The Morgan fingerprint density at radius 2 is 1.88 bits per heavy atom. The highest BCUT2D eigenvalue weighted by molar-refractivity contribution is 5.94. The normalized spacial score (nSPS) is 31.9. The fourth-order valence-electron chi connectivity index (χ4n) is 6.21. The monoisotopic (exact) mass is 351 g/mol. The quantitative estimate of drug-likeness (QED) is 0.899. The van der Waals surface area contributed by atoms with Crippen molar-refractivity contribution in [1.82, 2.24) is 25.5 Å². The number of hydrogen-bond acceptors (Lipinski definition) is 4. The van der Waals surface area contributed by atoms with Crippen LogP contribution in [0, 0.1) is 23.2 Å². The van der Waals surface area contributed by atoms with Gasteiger partial charge in [0.2, 0.25) is 0 Å². The van der Waals surface area contributed by atoms with E-state index in [1.807, 2.05) is 24.3 Å². The summed E-state index contributed by atoms with van der Waals surface area (Å²) >= 11 is 0. The van der Waals surface area contributed by atoms with Gasteiger partial charge < -0.3 is 5.32 Å². The second-order valence-corrected chi connectivity index (χ2v) is 8.73. The molecular weight excluding hydrogens is 326 g/mol. The zero-order valence-electron chi connectivity index (χ0n) is 15.0. The highest BCUT2D eigenvalue weighted by atomic mass is 16.1. The van der Waals surface area contributed by atoms with Crippen LogP contribution in [0.5, 0.6) is 0 Å². The zero-order chi connectivity index (χ0) is 17.6. The Bertz CT molecular complexity index is 765. The molecule has 4 aliphatic carbocycles. The lowest BCUT2D eigenvalue weighted by Gasteiger charge is -2.57. The van der Waals surface area contributed by atoms with Crippen molar-refractivity contribution in [2.24, 2.45) is 23.2 Å². The minimum absolute atomic E-state index is 0.00958. The molecule has 1 aromatic carbocycles. The smallest absolute Gasteiger partial charge is 0.251 e. The molecule has 0 unspecified atom stereocenters. The molecule has 6 nitrogen and oxygen atoms in total. The second kappa shape index (κ2) is 6.18. The van der Waals surface area contributed by atoms with E-state index in [1.54, 1.807) is 4.68 Å². The van der Waals surface area contributed by atoms with E-state index in [0.717, 1.165) is 36.4 Å². The molecular formula is C20H25N5O. The van der Waals surface area contributed by atoms with Gasteiger partial charge in [-0.1, -0.05) is 6.07 Å². The van der Waals surface area contributed by atoms with Gasteiger partial charge in [-0.25, -0.2) is 4.68 Å². The lowest BCUT2D eigenvalue weighted by molar-refractivity contribution is -0.0564. The van der Waals surface area contributed by atoms with Crippen LogP contribution in [0.3, 0.4) is 0 Å². The summed E-state index contributed by atoms with van der Waals surface area (Å²) in [6.07, 6.45) is 11.2. The molecule has 6 heteroatoms. The van der Waals surface area contributed by atoms with Gasteiger partial charge >= 0.3 is 0 Å². The SMILES string of the molecule is O=C(NCCC12CC3CC(CC(C3)C1)C2)c1cccc(-n2cnnn2)c1. The van der Waals surface area contributed by atoms with Crippen LogP contribution in [-0.4, -0.2) is 32.7 Å². The maximum absolute atomic E-state index is 12.6. The van der Waals surface area contributed by atoms with E-state index >= 15 is 0 Å². The molecule has 0 spiro atoms. The van der Waals surface area contributed by atoms with Gasteiger partial charge in [0.15, 0.2) is 0 Å². The van der Waals surface area contributed by atoms with E-state index < -0.39 is 0 Å². The first-order valence-corrected chi connectivity index (χ1v) is 9.81. The van der Waals surface area contributed by atoms with Crippen LogP contribution >= 0.6 is 0 Å². The van der Waals surface area contributed by atoms with E-state index in [4.69, 9.17) is 0 Å². The van der Waals surface area contributed by atoms with Gasteiger partial charge in [0, 0.05) is 12.1 Å². The summed E-state index contributed by atoms with van der Waals surface area (Å²) in [5, 5.41) is 14.3. The Morgan fingerprint density at radius 1 is 1.15 bits per heavy atom. The van der Waals surface area contributed by atoms with Gasteiger partial charge in [-0.05, 0) is 96.7 Å². The van der Waals surface area contributed by atoms with Crippen molar-refractivity contribution < 1.29 is 4.79 Å². The van der Waals surface area contributed by atoms with Gasteiger partial charge in [0.1, 0.15) is 6.33 Å². The number of amides is 1. The van der Waals surface area contributed by atoms with E-state index in [9.17, 15) is 4.79 Å². The standard InChI is InChI=1S/C20H25N5O/c26-19(17-2-1-3-18(9-17)25-13-22-23-24-25)21-5-4-20-10-14-6-15(11-20)8-16(7-14)12-20/h1-3,9,13-16H,4-8,10-12H2,(H,21,26). The number of rotatable bonds is 5. The summed E-state index contributed by atoms with van der Waals surface area (Å²) < 4.78 is 1.56. The molecule has 136 valence electrons. The summed E-state index contributed by atoms with van der Waals surface area (Å²) in [6.45, 7) is 0.778. The van der Waals surface area contributed by atoms with Crippen LogP contribution in [-0.2, 0) is 0 Å². The van der Waals surface area contributed by atoms with E-state index in [2.05, 4.69) is 20.8 Å². The lowest BCUT2D eigenvalue weighted by Crippen LogP contribution is -2.47. The second-order valence-electron chi connectivity index (χ2n) is 8.73. The van der Waals surface area contributed by atoms with Gasteiger partial charge in [0.05, 0.1) is 5.69 Å². The Labute approximate surface area is 153 Å². The van der Waals surface area contributed by atoms with Crippen LogP contribution < -0.4 is 5.32 Å². The summed E-state index contributed by atoms with van der Waals surface area (Å²) in [5.41, 5.74) is 1.96. The molecule has 4 aliphatic rings. The van der Waals surface area contributed by atoms with Gasteiger partial charge in [-0.3, -0.25) is 4.79 Å². The zero-order valence-corrected chi connectivity index (χ0v) is 15.0. The molecule has 4 bridgehead atoms. The molecule has 4 fully saturated rings. The highest BCUT2D eigenvalue weighted by Gasteiger charge is 2.50. The third kappa shape index (κ3) is 2.91. The lowest BCUT2D eigenvalue weighted by atomic mass is 9.49. The summed E-state index contributed by atoms with van der Waals surface area (Å²) in [4.78, 5) is 12.6. The Hall–Kier alpha value is -2.24. The molecule has 0 radical (unpaired) electrons. The van der Waals surface area contributed by atoms with Crippen LogP contribution in [0.4, 0.5) is 0 Å². The molecule has 2 aromatic rings. The number of carbonyl (C=O) groups is 1. The fourth-order valence-corrected chi connectivity index (χ4v) is 6.21. The molecule has 4 saturated carbocycles. The topological polar surface area (TPSA) is 72.7 Å². The van der Waals surface area contributed by atoms with Crippen molar-refractivity contribution in [2.75, 3.05) is 6.54 Å². The first-order valence-electron chi connectivity index (χ1n) is 9.81. The number of hydrogen-bond donors (Lipinski definition) is 1. The van der Waals surface area contributed by atoms with Crippen molar-refractivity contribution in [3.8, 4) is 5.69 Å². The minimum atomic E-state index is -0.00958. The Kier molecular flexibility index (Phi) is 3.80. The molecule has 0 aliphatic heterocycles. The van der Waals surface area contributed by atoms with Crippen LogP contribution in [0.2, 0.25) is 0 Å². The molecule has 0 atom stereocenters. The maximum Gasteiger partial charge on any atom is 0.251 e. The molecule has 26 heavy (non-hydrogen) atoms. The van der Waals surface area contributed by atoms with E-state index in [1.165, 1.54) is 44.9 Å². The third-order valence-corrected chi connectivity index (χ3v) is 6.83. The predicted molar refractivity (Wildman–Crippen MR) is 96.7 cm³/mol. The minimum Gasteiger partial charge on any atom is -0.352 e. The summed E-state index contributed by atoms with van der Waals surface area (Å²) in [7, 11) is 0. The average Bonchev–Trinajstić information content (AvgIpc) is 3.15. The van der Waals surface area contributed by atoms with Gasteiger partial charge in [-0.15, -0.1) is 5.10 Å². The maximum atomic E-state index is 12.6. The average molecular weight is 351 g/mol. The van der Waals surface area contributed by atoms with E-state index in [0.29, 0.717) is 11.0 Å². The summed E-state index contributed by atoms with van der Waals surface area (Å²) in [5.74, 6) is 2.88. The highest BCUT2D eigenvalue weighted by Crippen LogP contribution is 2.61. The first kappa shape index (κ1) is 16.0. The van der Waals surface area contributed by atoms with Crippen LogP contribution in [0.1, 0.15) is 55.3 Å². The molecule has 0 saturated heterocycles. The number of nitrogens with zero attached hydrogens (tertiary/aromatic N) is 4. The number of aromatic nitrogens is 4. The Morgan fingerprint density at radius 3 is 2.54 bits per heavy atom. The molecule has 1 aromatic heterocycles. The summed E-state index contributed by atoms with van der Waals surface area (Å²) in [6, 6.07) is 7.43. The van der Waals surface area contributed by atoms with Crippen molar-refractivity contribution in [2.45, 2.75) is 44.9 Å². The molecule has 1 heterocycles. The largest absolute Gasteiger partial charge is 0.352 e. The number of tetrazole rings is 1. The predicted octanol–water partition coefficient (Wildman–Crippen LogP) is 3.00.